The highest BCUT2D eigenvalue weighted by molar-refractivity contribution is 5.48. The molecule has 2 fully saturated rings. The van der Waals surface area contributed by atoms with Crippen molar-refractivity contribution >= 4 is 6.29 Å². The van der Waals surface area contributed by atoms with Gasteiger partial charge in [0.2, 0.25) is 0 Å². The van der Waals surface area contributed by atoms with E-state index in [1.165, 1.54) is 0 Å². The average molecular weight is 369 g/mol. The number of rotatable bonds is 11. The first-order valence-corrected chi connectivity index (χ1v) is 10.2. The number of unbranched alkanes of at least 4 members (excludes halogenated alkanes) is 2. The number of allylic oxidation sites excluding steroid dienone is 1. The molecular weight excluding hydrogens is 332 g/mol. The molecule has 1 saturated heterocycles. The van der Waals surface area contributed by atoms with E-state index in [2.05, 4.69) is 13.0 Å². The van der Waals surface area contributed by atoms with Crippen molar-refractivity contribution in [3.05, 3.63) is 12.2 Å². The van der Waals surface area contributed by atoms with Crippen LogP contribution in [0.2, 0.25) is 0 Å². The van der Waals surface area contributed by atoms with Crippen molar-refractivity contribution in [1.82, 2.24) is 0 Å². The molecule has 1 spiro atoms. The van der Waals surface area contributed by atoms with E-state index in [0.29, 0.717) is 32.2 Å². The van der Waals surface area contributed by atoms with Crippen LogP contribution in [0.4, 0.5) is 0 Å². The number of aliphatic hydroxyl groups is 1. The minimum Gasteiger partial charge on any atom is -0.386 e. The normalized spacial score (nSPS) is 26.8. The predicted molar refractivity (Wildman–Crippen MR) is 101 cm³/mol. The molecule has 3 atom stereocenters. The number of carbonyl (C=O) groups excluding carboxylic acids is 1. The Kier molecular flexibility index (Phi) is 8.27. The van der Waals surface area contributed by atoms with Crippen molar-refractivity contribution < 1.29 is 24.1 Å². The molecule has 0 amide bonds. The molecule has 0 aromatic carbocycles. The molecule has 0 aromatic heterocycles. The van der Waals surface area contributed by atoms with E-state index in [-0.39, 0.29) is 5.92 Å². The molecule has 1 heterocycles. The minimum atomic E-state index is -0.647. The standard InChI is InChI=1S/C21H36O5/c1-4-14-24-20(2,3)19(23)10-9-17-11-12-21(25-15-16-26-21)18(17)8-6-5-7-13-22/h9-10,13,17-19,23H,4-8,11-12,14-16H2,1-3H3. The fourth-order valence-corrected chi connectivity index (χ4v) is 4.10. The van der Waals surface area contributed by atoms with Gasteiger partial charge in [-0.15, -0.1) is 0 Å². The summed E-state index contributed by atoms with van der Waals surface area (Å²) in [5.41, 5.74) is -0.595. The summed E-state index contributed by atoms with van der Waals surface area (Å²) in [4.78, 5) is 10.6. The summed E-state index contributed by atoms with van der Waals surface area (Å²) >= 11 is 0. The average Bonchev–Trinajstić information content (AvgIpc) is 3.23. The summed E-state index contributed by atoms with van der Waals surface area (Å²) in [6, 6.07) is 0. The minimum absolute atomic E-state index is 0.278. The predicted octanol–water partition coefficient (Wildman–Crippen LogP) is 3.64. The highest BCUT2D eigenvalue weighted by atomic mass is 16.7. The molecule has 1 saturated carbocycles. The van der Waals surface area contributed by atoms with Crippen LogP contribution in [0.5, 0.6) is 0 Å². The lowest BCUT2D eigenvalue weighted by atomic mass is 9.86. The lowest BCUT2D eigenvalue weighted by Gasteiger charge is -2.32. The van der Waals surface area contributed by atoms with Crippen LogP contribution in [-0.4, -0.2) is 48.7 Å². The second kappa shape index (κ2) is 9.98. The van der Waals surface area contributed by atoms with E-state index in [0.717, 1.165) is 44.8 Å². The van der Waals surface area contributed by atoms with Gasteiger partial charge in [-0.2, -0.15) is 0 Å². The van der Waals surface area contributed by atoms with Crippen LogP contribution in [0, 0.1) is 11.8 Å². The molecule has 5 heteroatoms. The highest BCUT2D eigenvalue weighted by Gasteiger charge is 2.51. The van der Waals surface area contributed by atoms with Gasteiger partial charge in [0.1, 0.15) is 12.4 Å². The van der Waals surface area contributed by atoms with Gasteiger partial charge in [0, 0.05) is 25.4 Å². The zero-order valence-corrected chi connectivity index (χ0v) is 16.6. The Balaban J connectivity index is 1.99. The molecule has 3 unspecified atom stereocenters. The van der Waals surface area contributed by atoms with E-state index >= 15 is 0 Å². The second-order valence-corrected chi connectivity index (χ2v) is 8.05. The third-order valence-corrected chi connectivity index (χ3v) is 5.70. The van der Waals surface area contributed by atoms with Gasteiger partial charge in [-0.1, -0.05) is 25.5 Å². The molecule has 150 valence electrons. The number of aliphatic hydroxyl groups excluding tert-OH is 1. The Morgan fingerprint density at radius 3 is 2.69 bits per heavy atom. The Morgan fingerprint density at radius 1 is 1.31 bits per heavy atom. The maximum absolute atomic E-state index is 10.6. The van der Waals surface area contributed by atoms with E-state index < -0.39 is 17.5 Å². The molecule has 1 aliphatic carbocycles. The Hall–Kier alpha value is -0.750. The molecule has 0 aromatic rings. The molecule has 1 N–H and O–H groups in total. The van der Waals surface area contributed by atoms with Crippen LogP contribution >= 0.6 is 0 Å². The number of aldehydes is 1. The van der Waals surface area contributed by atoms with Crippen molar-refractivity contribution in [2.45, 2.75) is 83.2 Å². The van der Waals surface area contributed by atoms with Gasteiger partial charge in [0.05, 0.1) is 18.8 Å². The first-order valence-electron chi connectivity index (χ1n) is 10.2. The second-order valence-electron chi connectivity index (χ2n) is 8.05. The largest absolute Gasteiger partial charge is 0.386 e. The fourth-order valence-electron chi connectivity index (χ4n) is 4.10. The molecule has 2 aliphatic rings. The van der Waals surface area contributed by atoms with Crippen LogP contribution in [0.3, 0.4) is 0 Å². The topological polar surface area (TPSA) is 65.0 Å². The number of carbonyl (C=O) groups is 1. The molecule has 5 nitrogen and oxygen atoms in total. The van der Waals surface area contributed by atoms with Gasteiger partial charge in [-0.05, 0) is 45.4 Å². The van der Waals surface area contributed by atoms with Gasteiger partial charge in [0.25, 0.3) is 0 Å². The van der Waals surface area contributed by atoms with Gasteiger partial charge >= 0.3 is 0 Å². The van der Waals surface area contributed by atoms with Gasteiger partial charge in [-0.25, -0.2) is 0 Å². The van der Waals surface area contributed by atoms with Crippen molar-refractivity contribution in [2.75, 3.05) is 19.8 Å². The molecule has 26 heavy (non-hydrogen) atoms. The summed E-state index contributed by atoms with van der Waals surface area (Å²) in [5, 5.41) is 10.5. The summed E-state index contributed by atoms with van der Waals surface area (Å²) in [6.45, 7) is 7.87. The van der Waals surface area contributed by atoms with E-state index in [4.69, 9.17) is 14.2 Å². The third kappa shape index (κ3) is 5.38. The Bertz CT molecular complexity index is 453. The quantitative estimate of drug-likeness (QED) is 0.343. The number of ether oxygens (including phenoxy) is 3. The maximum atomic E-state index is 10.6. The Labute approximate surface area is 158 Å². The Morgan fingerprint density at radius 2 is 2.04 bits per heavy atom. The lowest BCUT2D eigenvalue weighted by Crippen LogP contribution is -2.38. The van der Waals surface area contributed by atoms with E-state index in [9.17, 15) is 9.90 Å². The van der Waals surface area contributed by atoms with Crippen molar-refractivity contribution in [3.8, 4) is 0 Å². The maximum Gasteiger partial charge on any atom is 0.171 e. The monoisotopic (exact) mass is 368 g/mol. The molecule has 0 bridgehead atoms. The van der Waals surface area contributed by atoms with Crippen molar-refractivity contribution in [3.63, 3.8) is 0 Å². The van der Waals surface area contributed by atoms with Crippen LogP contribution in [0.15, 0.2) is 12.2 Å². The zero-order valence-electron chi connectivity index (χ0n) is 16.6. The third-order valence-electron chi connectivity index (χ3n) is 5.70. The summed E-state index contributed by atoms with van der Waals surface area (Å²) in [7, 11) is 0. The van der Waals surface area contributed by atoms with Gasteiger partial charge in [0.15, 0.2) is 5.79 Å². The van der Waals surface area contributed by atoms with Crippen LogP contribution in [0.25, 0.3) is 0 Å². The molecular formula is C21H36O5. The fraction of sp³-hybridized carbons (Fsp3) is 0.857. The van der Waals surface area contributed by atoms with Crippen LogP contribution < -0.4 is 0 Å². The van der Waals surface area contributed by atoms with Crippen LogP contribution in [0.1, 0.15) is 65.7 Å². The van der Waals surface area contributed by atoms with Gasteiger partial charge < -0.3 is 24.1 Å². The SMILES string of the molecule is CCCOC(C)(C)C(O)C=CC1CCC2(OCCO2)C1CCCCC=O. The summed E-state index contributed by atoms with van der Waals surface area (Å²) in [5.74, 6) is 0.135. The van der Waals surface area contributed by atoms with E-state index in [1.54, 1.807) is 0 Å². The number of hydrogen-bond acceptors (Lipinski definition) is 5. The van der Waals surface area contributed by atoms with Gasteiger partial charge in [-0.3, -0.25) is 0 Å². The molecule has 0 radical (unpaired) electrons. The first-order chi connectivity index (χ1) is 12.4. The first kappa shape index (κ1) is 21.5. The molecule has 2 rings (SSSR count). The molecule has 1 aliphatic heterocycles. The van der Waals surface area contributed by atoms with Crippen molar-refractivity contribution in [1.29, 1.82) is 0 Å². The smallest absolute Gasteiger partial charge is 0.171 e. The summed E-state index contributed by atoms with van der Waals surface area (Å²) < 4.78 is 17.8. The zero-order chi connectivity index (χ0) is 19.0. The highest BCUT2D eigenvalue weighted by Crippen LogP contribution is 2.48. The van der Waals surface area contributed by atoms with E-state index in [1.807, 2.05) is 19.9 Å². The number of hydrogen-bond donors (Lipinski definition) is 1. The van der Waals surface area contributed by atoms with Crippen molar-refractivity contribution in [2.24, 2.45) is 11.8 Å². The van der Waals surface area contributed by atoms with Crippen LogP contribution in [-0.2, 0) is 19.0 Å². The lowest BCUT2D eigenvalue weighted by molar-refractivity contribution is -0.186. The summed E-state index contributed by atoms with van der Waals surface area (Å²) in [6.07, 6.45) is 10.7.